The van der Waals surface area contributed by atoms with Gasteiger partial charge >= 0.3 is 6.18 Å². The highest BCUT2D eigenvalue weighted by atomic mass is 19.4. The number of anilines is 1. The molecule has 1 aromatic rings. The maximum absolute atomic E-state index is 12.0. The van der Waals surface area contributed by atoms with Crippen LogP contribution in [0.25, 0.3) is 0 Å². The van der Waals surface area contributed by atoms with Crippen molar-refractivity contribution in [1.82, 2.24) is 0 Å². The fourth-order valence-corrected chi connectivity index (χ4v) is 1.33. The molecule has 20 heavy (non-hydrogen) atoms. The number of methoxy groups -OCH3 is 2. The van der Waals surface area contributed by atoms with E-state index in [1.165, 1.54) is 32.4 Å². The van der Waals surface area contributed by atoms with Crippen molar-refractivity contribution in [2.24, 2.45) is 0 Å². The van der Waals surface area contributed by atoms with Gasteiger partial charge in [0.25, 0.3) is 0 Å². The molecule has 0 radical (unpaired) electrons. The van der Waals surface area contributed by atoms with Gasteiger partial charge in [0.2, 0.25) is 11.7 Å². The lowest BCUT2D eigenvalue weighted by Crippen LogP contribution is -2.27. The van der Waals surface area contributed by atoms with Gasteiger partial charge in [-0.25, -0.2) is 0 Å². The zero-order valence-corrected chi connectivity index (χ0v) is 10.7. The molecule has 0 spiro atoms. The SMILES string of the molecule is COc1cc(NC(=O)CC(=O)C(F)(F)F)cc(OC)c1. The largest absolute Gasteiger partial charge is 0.497 e. The number of alkyl halides is 3. The van der Waals surface area contributed by atoms with E-state index in [9.17, 15) is 22.8 Å². The van der Waals surface area contributed by atoms with Gasteiger partial charge in [0, 0.05) is 23.9 Å². The molecule has 0 aromatic heterocycles. The lowest BCUT2D eigenvalue weighted by molar-refractivity contribution is -0.171. The Hall–Kier alpha value is -2.25. The number of rotatable bonds is 5. The Kier molecular flexibility index (Phi) is 4.95. The number of hydrogen-bond donors (Lipinski definition) is 1. The third-order valence-corrected chi connectivity index (χ3v) is 2.27. The predicted molar refractivity (Wildman–Crippen MR) is 63.9 cm³/mol. The van der Waals surface area contributed by atoms with Gasteiger partial charge < -0.3 is 14.8 Å². The van der Waals surface area contributed by atoms with Gasteiger partial charge in [0.05, 0.1) is 20.6 Å². The molecule has 0 heterocycles. The predicted octanol–water partition coefficient (Wildman–Crippen LogP) is 2.16. The summed E-state index contributed by atoms with van der Waals surface area (Å²) < 4.78 is 45.9. The monoisotopic (exact) mass is 291 g/mol. The molecular weight excluding hydrogens is 279 g/mol. The first-order valence-electron chi connectivity index (χ1n) is 5.39. The smallest absolute Gasteiger partial charge is 0.450 e. The third kappa shape index (κ3) is 4.45. The maximum Gasteiger partial charge on any atom is 0.450 e. The zero-order chi connectivity index (χ0) is 15.3. The number of ether oxygens (including phenoxy) is 2. The number of nitrogens with one attached hydrogen (secondary N) is 1. The van der Waals surface area contributed by atoms with Gasteiger partial charge in [-0.15, -0.1) is 0 Å². The van der Waals surface area contributed by atoms with Crippen molar-refractivity contribution >= 4 is 17.4 Å². The quantitative estimate of drug-likeness (QED) is 0.844. The molecule has 0 saturated heterocycles. The summed E-state index contributed by atoms with van der Waals surface area (Å²) in [6.45, 7) is 0. The van der Waals surface area contributed by atoms with Crippen LogP contribution in [-0.4, -0.2) is 32.1 Å². The number of amides is 1. The summed E-state index contributed by atoms with van der Waals surface area (Å²) in [6, 6.07) is 4.30. The van der Waals surface area contributed by atoms with Crippen LogP contribution in [0.1, 0.15) is 6.42 Å². The van der Waals surface area contributed by atoms with E-state index in [4.69, 9.17) is 9.47 Å². The van der Waals surface area contributed by atoms with Crippen LogP contribution in [0, 0.1) is 0 Å². The molecule has 0 bridgehead atoms. The first kappa shape index (κ1) is 15.8. The van der Waals surface area contributed by atoms with Gasteiger partial charge in [-0.1, -0.05) is 0 Å². The standard InChI is InChI=1S/C12H12F3NO4/c1-19-8-3-7(4-9(5-8)20-2)16-11(18)6-10(17)12(13,14)15/h3-5H,6H2,1-2H3,(H,16,18). The average Bonchev–Trinajstić information content (AvgIpc) is 2.36. The third-order valence-electron chi connectivity index (χ3n) is 2.27. The Balaban J connectivity index is 2.78. The molecule has 1 N–H and O–H groups in total. The molecule has 8 heteroatoms. The Labute approximate surface area is 112 Å². The topological polar surface area (TPSA) is 64.6 Å². The molecule has 5 nitrogen and oxygen atoms in total. The van der Waals surface area contributed by atoms with E-state index in [-0.39, 0.29) is 5.69 Å². The molecule has 1 rings (SSSR count). The van der Waals surface area contributed by atoms with E-state index in [0.717, 1.165) is 0 Å². The van der Waals surface area contributed by atoms with Gasteiger partial charge in [0.15, 0.2) is 0 Å². The van der Waals surface area contributed by atoms with Crippen molar-refractivity contribution in [3.63, 3.8) is 0 Å². The molecule has 1 aromatic carbocycles. The minimum absolute atomic E-state index is 0.168. The highest BCUT2D eigenvalue weighted by Crippen LogP contribution is 2.26. The lowest BCUT2D eigenvalue weighted by Gasteiger charge is -2.10. The second-order valence-corrected chi connectivity index (χ2v) is 3.75. The Morgan fingerprint density at radius 1 is 1.10 bits per heavy atom. The number of carbonyl (C=O) groups is 2. The molecule has 1 amide bonds. The van der Waals surface area contributed by atoms with Crippen LogP contribution in [-0.2, 0) is 9.59 Å². The highest BCUT2D eigenvalue weighted by molar-refractivity contribution is 6.06. The zero-order valence-electron chi connectivity index (χ0n) is 10.7. The number of benzene rings is 1. The minimum Gasteiger partial charge on any atom is -0.497 e. The fraction of sp³-hybridized carbons (Fsp3) is 0.333. The molecule has 0 atom stereocenters. The second-order valence-electron chi connectivity index (χ2n) is 3.75. The van der Waals surface area contributed by atoms with E-state index in [0.29, 0.717) is 11.5 Å². The van der Waals surface area contributed by atoms with Crippen molar-refractivity contribution in [3.8, 4) is 11.5 Å². The van der Waals surface area contributed by atoms with Crippen LogP contribution in [0.3, 0.4) is 0 Å². The van der Waals surface area contributed by atoms with Gasteiger partial charge in [-0.2, -0.15) is 13.2 Å². The van der Waals surface area contributed by atoms with Crippen LogP contribution in [0.2, 0.25) is 0 Å². The van der Waals surface area contributed by atoms with Crippen molar-refractivity contribution in [2.75, 3.05) is 19.5 Å². The first-order chi connectivity index (χ1) is 9.26. The second kappa shape index (κ2) is 6.27. The van der Waals surface area contributed by atoms with Crippen LogP contribution in [0.15, 0.2) is 18.2 Å². The number of ketones is 1. The van der Waals surface area contributed by atoms with E-state index in [1.807, 2.05) is 0 Å². The number of hydrogen-bond acceptors (Lipinski definition) is 4. The summed E-state index contributed by atoms with van der Waals surface area (Å²) in [5.41, 5.74) is 0.168. The molecule has 0 saturated carbocycles. The van der Waals surface area contributed by atoms with Crippen LogP contribution >= 0.6 is 0 Å². The summed E-state index contributed by atoms with van der Waals surface area (Å²) >= 11 is 0. The highest BCUT2D eigenvalue weighted by Gasteiger charge is 2.39. The van der Waals surface area contributed by atoms with Gasteiger partial charge in [-0.05, 0) is 0 Å². The summed E-state index contributed by atoms with van der Waals surface area (Å²) in [6.07, 6.45) is -6.30. The molecule has 0 aliphatic rings. The van der Waals surface area contributed by atoms with E-state index in [1.54, 1.807) is 0 Å². The van der Waals surface area contributed by atoms with Gasteiger partial charge in [-0.3, -0.25) is 9.59 Å². The number of carbonyl (C=O) groups excluding carboxylic acids is 2. The van der Waals surface area contributed by atoms with Crippen LogP contribution in [0.5, 0.6) is 11.5 Å². The molecule has 0 aliphatic heterocycles. The van der Waals surface area contributed by atoms with E-state index in [2.05, 4.69) is 5.32 Å². The summed E-state index contributed by atoms with van der Waals surface area (Å²) in [7, 11) is 2.76. The Morgan fingerprint density at radius 2 is 1.60 bits per heavy atom. The van der Waals surface area contributed by atoms with Crippen molar-refractivity contribution in [3.05, 3.63) is 18.2 Å². The van der Waals surface area contributed by atoms with Crippen molar-refractivity contribution in [1.29, 1.82) is 0 Å². The molecular formula is C12H12F3NO4. The molecule has 0 unspecified atom stereocenters. The van der Waals surface area contributed by atoms with Crippen molar-refractivity contribution < 1.29 is 32.2 Å². The number of Topliss-reactive ketones (excluding diaryl/α,β-unsaturated/α-hetero) is 1. The van der Waals surface area contributed by atoms with E-state index >= 15 is 0 Å². The number of halogens is 3. The normalized spacial score (nSPS) is 10.8. The fourth-order valence-electron chi connectivity index (χ4n) is 1.33. The molecule has 0 fully saturated rings. The van der Waals surface area contributed by atoms with Crippen LogP contribution in [0.4, 0.5) is 18.9 Å². The van der Waals surface area contributed by atoms with Crippen LogP contribution < -0.4 is 14.8 Å². The van der Waals surface area contributed by atoms with E-state index < -0.39 is 24.3 Å². The summed E-state index contributed by atoms with van der Waals surface area (Å²) in [5, 5.41) is 2.17. The molecule has 110 valence electrons. The van der Waals surface area contributed by atoms with Gasteiger partial charge in [0.1, 0.15) is 11.5 Å². The summed E-state index contributed by atoms with van der Waals surface area (Å²) in [5.74, 6) is -2.48. The Morgan fingerprint density at radius 3 is 2.00 bits per heavy atom. The Bertz CT molecular complexity index is 492. The minimum atomic E-state index is -5.02. The maximum atomic E-state index is 12.0. The first-order valence-corrected chi connectivity index (χ1v) is 5.39. The molecule has 0 aliphatic carbocycles. The summed E-state index contributed by atoms with van der Waals surface area (Å²) in [4.78, 5) is 22.0. The lowest BCUT2D eigenvalue weighted by atomic mass is 10.2. The van der Waals surface area contributed by atoms with Crippen molar-refractivity contribution in [2.45, 2.75) is 12.6 Å². The average molecular weight is 291 g/mol.